The minimum atomic E-state index is -0.525. The van der Waals surface area contributed by atoms with E-state index in [-0.39, 0.29) is 35.4 Å². The molecule has 2 N–H and O–H groups in total. The number of phenols is 2. The van der Waals surface area contributed by atoms with Crippen molar-refractivity contribution in [1.29, 1.82) is 0 Å². The summed E-state index contributed by atoms with van der Waals surface area (Å²) in [5, 5.41) is 19.3. The Kier molecular flexibility index (Phi) is 3.76. The summed E-state index contributed by atoms with van der Waals surface area (Å²) in [5.74, 6) is -0.791. The summed E-state index contributed by atoms with van der Waals surface area (Å²) in [7, 11) is 0. The average molecular weight is 292 g/mol. The van der Waals surface area contributed by atoms with Gasteiger partial charge >= 0.3 is 5.97 Å². The number of fused-ring (bicyclic) bond motifs is 1. The molecule has 0 spiro atoms. The maximum Gasteiger partial charge on any atom is 0.342 e. The van der Waals surface area contributed by atoms with Crippen molar-refractivity contribution < 1.29 is 24.5 Å². The lowest BCUT2D eigenvalue weighted by Crippen LogP contribution is -2.34. The maximum absolute atomic E-state index is 12.0. The molecule has 5 nitrogen and oxygen atoms in total. The van der Waals surface area contributed by atoms with Gasteiger partial charge in [0.1, 0.15) is 23.2 Å². The van der Waals surface area contributed by atoms with Gasteiger partial charge in [0.25, 0.3) is 0 Å². The third-order valence-corrected chi connectivity index (χ3v) is 4.20. The molecule has 1 fully saturated rings. The predicted octanol–water partition coefficient (Wildman–Crippen LogP) is 2.53. The van der Waals surface area contributed by atoms with Crippen molar-refractivity contribution in [3.05, 3.63) is 23.3 Å². The van der Waals surface area contributed by atoms with Crippen LogP contribution in [0.25, 0.3) is 0 Å². The largest absolute Gasteiger partial charge is 0.508 e. The first-order chi connectivity index (χ1) is 10.0. The Morgan fingerprint density at radius 3 is 2.81 bits per heavy atom. The first-order valence-corrected chi connectivity index (χ1v) is 7.44. The second-order valence-electron chi connectivity index (χ2n) is 5.97. The van der Waals surface area contributed by atoms with E-state index in [4.69, 9.17) is 9.47 Å². The van der Waals surface area contributed by atoms with Gasteiger partial charge in [-0.3, -0.25) is 0 Å². The van der Waals surface area contributed by atoms with Crippen LogP contribution in [-0.2, 0) is 15.9 Å². The molecule has 1 unspecified atom stereocenters. The van der Waals surface area contributed by atoms with Crippen molar-refractivity contribution in [2.75, 3.05) is 0 Å². The number of ether oxygens (including phenoxy) is 2. The summed E-state index contributed by atoms with van der Waals surface area (Å²) in [6.45, 7) is 2.06. The fraction of sp³-hybridized carbons (Fsp3) is 0.562. The van der Waals surface area contributed by atoms with Crippen molar-refractivity contribution in [1.82, 2.24) is 0 Å². The second-order valence-corrected chi connectivity index (χ2v) is 5.97. The van der Waals surface area contributed by atoms with E-state index in [1.54, 1.807) is 0 Å². The van der Waals surface area contributed by atoms with E-state index in [1.807, 2.05) is 0 Å². The van der Waals surface area contributed by atoms with Crippen LogP contribution in [0.4, 0.5) is 0 Å². The molecule has 114 valence electrons. The number of hydrogen-bond donors (Lipinski definition) is 2. The van der Waals surface area contributed by atoms with Crippen molar-refractivity contribution in [2.45, 2.75) is 57.3 Å². The molecule has 0 amide bonds. The summed E-state index contributed by atoms with van der Waals surface area (Å²) in [5.41, 5.74) is 0.805. The zero-order valence-corrected chi connectivity index (χ0v) is 12.0. The number of aromatic hydroxyl groups is 2. The molecule has 1 saturated heterocycles. The van der Waals surface area contributed by atoms with Crippen LogP contribution in [0.2, 0.25) is 0 Å². The summed E-state index contributed by atoms with van der Waals surface area (Å²) >= 11 is 0. The molecule has 5 heteroatoms. The summed E-state index contributed by atoms with van der Waals surface area (Å²) in [4.78, 5) is 12.0. The Morgan fingerprint density at radius 1 is 1.24 bits per heavy atom. The van der Waals surface area contributed by atoms with E-state index in [9.17, 15) is 15.0 Å². The first kappa shape index (κ1) is 14.2. The summed E-state index contributed by atoms with van der Waals surface area (Å²) < 4.78 is 11.3. The molecular weight excluding hydrogens is 272 g/mol. The number of carbonyl (C=O) groups excluding carboxylic acids is 1. The van der Waals surface area contributed by atoms with Crippen LogP contribution in [0.15, 0.2) is 12.1 Å². The van der Waals surface area contributed by atoms with Gasteiger partial charge in [0.2, 0.25) is 0 Å². The van der Waals surface area contributed by atoms with Crippen LogP contribution in [0.5, 0.6) is 11.5 Å². The number of phenolic OH excluding ortho intramolecular Hbond substituents is 2. The third-order valence-electron chi connectivity index (χ3n) is 4.20. The molecule has 2 aliphatic heterocycles. The van der Waals surface area contributed by atoms with Gasteiger partial charge in [-0.15, -0.1) is 0 Å². The first-order valence-electron chi connectivity index (χ1n) is 7.44. The number of carbonyl (C=O) groups is 1. The van der Waals surface area contributed by atoms with Crippen molar-refractivity contribution in [3.63, 3.8) is 0 Å². The zero-order valence-electron chi connectivity index (χ0n) is 12.0. The van der Waals surface area contributed by atoms with Gasteiger partial charge < -0.3 is 19.7 Å². The molecule has 2 heterocycles. The van der Waals surface area contributed by atoms with Gasteiger partial charge in [0, 0.05) is 18.9 Å². The van der Waals surface area contributed by atoms with Crippen molar-refractivity contribution in [2.24, 2.45) is 0 Å². The van der Waals surface area contributed by atoms with Crippen molar-refractivity contribution >= 4 is 5.97 Å². The average Bonchev–Trinajstić information content (AvgIpc) is 2.37. The highest BCUT2D eigenvalue weighted by Gasteiger charge is 2.32. The van der Waals surface area contributed by atoms with Crippen LogP contribution in [0.1, 0.15) is 48.5 Å². The van der Waals surface area contributed by atoms with Gasteiger partial charge in [0.05, 0.1) is 12.2 Å². The number of esters is 1. The van der Waals surface area contributed by atoms with E-state index in [0.717, 1.165) is 25.3 Å². The van der Waals surface area contributed by atoms with Crippen molar-refractivity contribution in [3.8, 4) is 11.5 Å². The number of hydrogen-bond acceptors (Lipinski definition) is 5. The molecule has 2 aliphatic rings. The van der Waals surface area contributed by atoms with Gasteiger partial charge in [-0.1, -0.05) is 0 Å². The lowest BCUT2D eigenvalue weighted by molar-refractivity contribution is -0.0647. The molecule has 0 saturated carbocycles. The van der Waals surface area contributed by atoms with Crippen LogP contribution in [0.3, 0.4) is 0 Å². The van der Waals surface area contributed by atoms with E-state index in [1.165, 1.54) is 6.07 Å². The van der Waals surface area contributed by atoms with Crippen LogP contribution >= 0.6 is 0 Å². The highest BCUT2D eigenvalue weighted by molar-refractivity contribution is 5.95. The normalized spacial score (nSPS) is 28.8. The quantitative estimate of drug-likeness (QED) is 0.819. The highest BCUT2D eigenvalue weighted by Crippen LogP contribution is 2.34. The topological polar surface area (TPSA) is 76.0 Å². The van der Waals surface area contributed by atoms with Gasteiger partial charge in [-0.05, 0) is 37.8 Å². The van der Waals surface area contributed by atoms with Gasteiger partial charge in [-0.2, -0.15) is 0 Å². The van der Waals surface area contributed by atoms with Crippen LogP contribution < -0.4 is 0 Å². The number of cyclic esters (lactones) is 1. The molecule has 0 bridgehead atoms. The Labute approximate surface area is 123 Å². The Balaban J connectivity index is 1.74. The zero-order chi connectivity index (χ0) is 15.0. The van der Waals surface area contributed by atoms with Gasteiger partial charge in [-0.25, -0.2) is 4.79 Å². The summed E-state index contributed by atoms with van der Waals surface area (Å²) in [6, 6.07) is 2.68. The SMILES string of the molecule is C[C@H]1CCC[C@H](CC2Cc3cc(O)cc(O)c3C(=O)O2)O1. The molecular formula is C16H20O5. The minimum Gasteiger partial charge on any atom is -0.508 e. The minimum absolute atomic E-state index is 0.0396. The van der Waals surface area contributed by atoms with E-state index in [0.29, 0.717) is 18.4 Å². The second kappa shape index (κ2) is 5.56. The molecule has 0 aliphatic carbocycles. The molecule has 1 aromatic carbocycles. The smallest absolute Gasteiger partial charge is 0.342 e. The van der Waals surface area contributed by atoms with E-state index in [2.05, 4.69) is 6.92 Å². The fourth-order valence-electron chi connectivity index (χ4n) is 3.26. The highest BCUT2D eigenvalue weighted by atomic mass is 16.5. The molecule has 21 heavy (non-hydrogen) atoms. The monoisotopic (exact) mass is 292 g/mol. The molecule has 3 atom stereocenters. The Morgan fingerprint density at radius 2 is 2.05 bits per heavy atom. The van der Waals surface area contributed by atoms with Crippen LogP contribution in [0, 0.1) is 0 Å². The fourth-order valence-corrected chi connectivity index (χ4v) is 3.26. The van der Waals surface area contributed by atoms with Crippen LogP contribution in [-0.4, -0.2) is 34.5 Å². The third kappa shape index (κ3) is 2.97. The Hall–Kier alpha value is -1.75. The molecule has 1 aromatic rings. The van der Waals surface area contributed by atoms with E-state index >= 15 is 0 Å². The summed E-state index contributed by atoms with van der Waals surface area (Å²) in [6.07, 6.45) is 4.44. The lowest BCUT2D eigenvalue weighted by Gasteiger charge is -2.32. The Bertz CT molecular complexity index is 554. The lowest BCUT2D eigenvalue weighted by atomic mass is 9.92. The maximum atomic E-state index is 12.0. The molecule has 0 aromatic heterocycles. The number of benzene rings is 1. The molecule has 3 rings (SSSR count). The van der Waals surface area contributed by atoms with Gasteiger partial charge in [0.15, 0.2) is 0 Å². The standard InChI is InChI=1S/C16H20O5/c1-9-3-2-4-12(20-9)8-13-6-10-5-11(17)7-14(18)15(10)16(19)21-13/h5,7,9,12-13,17-18H,2-4,6,8H2,1H3/t9-,12+,13?/m0/s1. The molecule has 0 radical (unpaired) electrons. The van der Waals surface area contributed by atoms with E-state index < -0.39 is 5.97 Å². The number of rotatable bonds is 2. The predicted molar refractivity (Wildman–Crippen MR) is 75.5 cm³/mol.